The Labute approximate surface area is 93.6 Å². The standard InChI is InChI=1S/C12H25N3/c1-2-8-15(9-3-1)10-7-14-12-5-4-6-13-11-12/h12-14H,1-11H2. The molecule has 88 valence electrons. The number of hydrogen-bond donors (Lipinski definition) is 2. The molecule has 0 radical (unpaired) electrons. The third-order valence-electron chi connectivity index (χ3n) is 3.61. The fraction of sp³-hybridized carbons (Fsp3) is 1.00. The van der Waals surface area contributed by atoms with E-state index < -0.39 is 0 Å². The van der Waals surface area contributed by atoms with E-state index in [0.29, 0.717) is 0 Å². The van der Waals surface area contributed by atoms with Gasteiger partial charge in [-0.15, -0.1) is 0 Å². The second-order valence-electron chi connectivity index (χ2n) is 4.90. The molecule has 2 fully saturated rings. The fourth-order valence-electron chi connectivity index (χ4n) is 2.64. The van der Waals surface area contributed by atoms with Crippen LogP contribution >= 0.6 is 0 Å². The van der Waals surface area contributed by atoms with Crippen molar-refractivity contribution in [3.63, 3.8) is 0 Å². The predicted octanol–water partition coefficient (Wildman–Crippen LogP) is 0.814. The summed E-state index contributed by atoms with van der Waals surface area (Å²) in [6.45, 7) is 7.45. The molecule has 0 saturated carbocycles. The normalized spacial score (nSPS) is 29.2. The van der Waals surface area contributed by atoms with Gasteiger partial charge in [-0.25, -0.2) is 0 Å². The molecule has 3 heteroatoms. The molecule has 1 atom stereocenters. The summed E-state index contributed by atoms with van der Waals surface area (Å²) in [5.41, 5.74) is 0. The highest BCUT2D eigenvalue weighted by Crippen LogP contribution is 2.07. The van der Waals surface area contributed by atoms with Crippen LogP contribution in [0.25, 0.3) is 0 Å². The van der Waals surface area contributed by atoms with E-state index in [1.54, 1.807) is 0 Å². The van der Waals surface area contributed by atoms with Crippen LogP contribution in [0.3, 0.4) is 0 Å². The summed E-state index contributed by atoms with van der Waals surface area (Å²) < 4.78 is 0. The van der Waals surface area contributed by atoms with Crippen LogP contribution in [0.2, 0.25) is 0 Å². The number of nitrogens with zero attached hydrogens (tertiary/aromatic N) is 1. The largest absolute Gasteiger partial charge is 0.315 e. The third-order valence-corrected chi connectivity index (χ3v) is 3.61. The molecule has 2 aliphatic rings. The van der Waals surface area contributed by atoms with Gasteiger partial charge in [0.15, 0.2) is 0 Å². The summed E-state index contributed by atoms with van der Waals surface area (Å²) in [6.07, 6.45) is 6.95. The molecule has 2 aliphatic heterocycles. The number of hydrogen-bond acceptors (Lipinski definition) is 3. The van der Waals surface area contributed by atoms with E-state index in [0.717, 1.165) is 6.04 Å². The number of likely N-dealkylation sites (tertiary alicyclic amines) is 1. The molecule has 0 aromatic carbocycles. The SMILES string of the molecule is C1CCN(CCNC2CCCNC2)CC1. The highest BCUT2D eigenvalue weighted by atomic mass is 15.1. The van der Waals surface area contributed by atoms with Gasteiger partial charge in [-0.3, -0.25) is 0 Å². The molecule has 2 rings (SSSR count). The minimum atomic E-state index is 0.726. The lowest BCUT2D eigenvalue weighted by Gasteiger charge is -2.28. The molecular formula is C12H25N3. The van der Waals surface area contributed by atoms with Crippen molar-refractivity contribution in [1.29, 1.82) is 0 Å². The lowest BCUT2D eigenvalue weighted by atomic mass is 10.1. The van der Waals surface area contributed by atoms with Crippen molar-refractivity contribution in [1.82, 2.24) is 15.5 Å². The van der Waals surface area contributed by atoms with Gasteiger partial charge < -0.3 is 15.5 Å². The second kappa shape index (κ2) is 6.46. The summed E-state index contributed by atoms with van der Waals surface area (Å²) in [7, 11) is 0. The highest BCUT2D eigenvalue weighted by molar-refractivity contribution is 4.75. The minimum absolute atomic E-state index is 0.726. The van der Waals surface area contributed by atoms with E-state index in [1.807, 2.05) is 0 Å². The van der Waals surface area contributed by atoms with E-state index in [1.165, 1.54) is 71.4 Å². The molecule has 2 heterocycles. The second-order valence-corrected chi connectivity index (χ2v) is 4.90. The van der Waals surface area contributed by atoms with Crippen LogP contribution in [0.15, 0.2) is 0 Å². The topological polar surface area (TPSA) is 27.3 Å². The molecule has 0 aromatic rings. The Bertz CT molecular complexity index is 142. The quantitative estimate of drug-likeness (QED) is 0.721. The molecule has 2 saturated heterocycles. The van der Waals surface area contributed by atoms with Crippen LogP contribution in [0.5, 0.6) is 0 Å². The average Bonchev–Trinajstić information content (AvgIpc) is 2.32. The predicted molar refractivity (Wildman–Crippen MR) is 64.2 cm³/mol. The van der Waals surface area contributed by atoms with Gasteiger partial charge in [0.05, 0.1) is 0 Å². The number of nitrogens with one attached hydrogen (secondary N) is 2. The molecular weight excluding hydrogens is 186 g/mol. The van der Waals surface area contributed by atoms with Crippen LogP contribution in [-0.2, 0) is 0 Å². The van der Waals surface area contributed by atoms with Crippen molar-refractivity contribution < 1.29 is 0 Å². The van der Waals surface area contributed by atoms with Gasteiger partial charge in [-0.1, -0.05) is 6.42 Å². The first-order valence-corrected chi connectivity index (χ1v) is 6.61. The lowest BCUT2D eigenvalue weighted by molar-refractivity contribution is 0.223. The highest BCUT2D eigenvalue weighted by Gasteiger charge is 2.13. The van der Waals surface area contributed by atoms with Gasteiger partial charge in [0.2, 0.25) is 0 Å². The monoisotopic (exact) mass is 211 g/mol. The van der Waals surface area contributed by atoms with E-state index in [2.05, 4.69) is 15.5 Å². The van der Waals surface area contributed by atoms with E-state index >= 15 is 0 Å². The molecule has 3 nitrogen and oxygen atoms in total. The zero-order chi connectivity index (χ0) is 10.3. The molecule has 0 spiro atoms. The Morgan fingerprint density at radius 3 is 2.73 bits per heavy atom. The van der Waals surface area contributed by atoms with Crippen LogP contribution in [0.1, 0.15) is 32.1 Å². The number of rotatable bonds is 4. The summed E-state index contributed by atoms with van der Waals surface area (Å²) in [4.78, 5) is 2.60. The van der Waals surface area contributed by atoms with Gasteiger partial charge in [-0.05, 0) is 45.3 Å². The maximum atomic E-state index is 3.66. The van der Waals surface area contributed by atoms with Gasteiger partial charge in [0.1, 0.15) is 0 Å². The van der Waals surface area contributed by atoms with Gasteiger partial charge >= 0.3 is 0 Å². The summed E-state index contributed by atoms with van der Waals surface area (Å²) in [5, 5.41) is 7.11. The van der Waals surface area contributed by atoms with Crippen molar-refractivity contribution in [2.75, 3.05) is 39.3 Å². The first kappa shape index (κ1) is 11.4. The van der Waals surface area contributed by atoms with Crippen molar-refractivity contribution >= 4 is 0 Å². The Morgan fingerprint density at radius 2 is 2.00 bits per heavy atom. The number of piperidine rings is 2. The first-order chi connectivity index (χ1) is 7.45. The van der Waals surface area contributed by atoms with Crippen LogP contribution in [0, 0.1) is 0 Å². The Kier molecular flexibility index (Phi) is 4.90. The average molecular weight is 211 g/mol. The minimum Gasteiger partial charge on any atom is -0.315 e. The molecule has 15 heavy (non-hydrogen) atoms. The van der Waals surface area contributed by atoms with Gasteiger partial charge in [0.25, 0.3) is 0 Å². The zero-order valence-corrected chi connectivity index (χ0v) is 9.80. The summed E-state index contributed by atoms with van der Waals surface area (Å²) in [5.74, 6) is 0. The smallest absolute Gasteiger partial charge is 0.0193 e. The third kappa shape index (κ3) is 4.09. The van der Waals surface area contributed by atoms with Crippen molar-refractivity contribution in [3.8, 4) is 0 Å². The van der Waals surface area contributed by atoms with E-state index in [9.17, 15) is 0 Å². The van der Waals surface area contributed by atoms with Crippen LogP contribution in [-0.4, -0.2) is 50.2 Å². The van der Waals surface area contributed by atoms with Gasteiger partial charge in [0, 0.05) is 25.7 Å². The lowest BCUT2D eigenvalue weighted by Crippen LogP contribution is -2.46. The van der Waals surface area contributed by atoms with Gasteiger partial charge in [-0.2, -0.15) is 0 Å². The van der Waals surface area contributed by atoms with Crippen molar-refractivity contribution in [2.24, 2.45) is 0 Å². The zero-order valence-electron chi connectivity index (χ0n) is 9.80. The summed E-state index contributed by atoms with van der Waals surface area (Å²) in [6, 6.07) is 0.726. The Hall–Kier alpha value is -0.120. The summed E-state index contributed by atoms with van der Waals surface area (Å²) >= 11 is 0. The first-order valence-electron chi connectivity index (χ1n) is 6.61. The maximum Gasteiger partial charge on any atom is 0.0193 e. The molecule has 2 N–H and O–H groups in total. The molecule has 0 amide bonds. The van der Waals surface area contributed by atoms with E-state index in [-0.39, 0.29) is 0 Å². The molecule has 0 aliphatic carbocycles. The van der Waals surface area contributed by atoms with Crippen molar-refractivity contribution in [3.05, 3.63) is 0 Å². The van der Waals surface area contributed by atoms with Crippen molar-refractivity contribution in [2.45, 2.75) is 38.1 Å². The Morgan fingerprint density at radius 1 is 1.13 bits per heavy atom. The van der Waals surface area contributed by atoms with Crippen LogP contribution < -0.4 is 10.6 Å². The molecule has 1 unspecified atom stereocenters. The molecule has 0 bridgehead atoms. The fourth-order valence-corrected chi connectivity index (χ4v) is 2.64. The Balaban J connectivity index is 1.53. The van der Waals surface area contributed by atoms with E-state index in [4.69, 9.17) is 0 Å². The van der Waals surface area contributed by atoms with Crippen LogP contribution in [0.4, 0.5) is 0 Å². The maximum absolute atomic E-state index is 3.66. The molecule has 0 aromatic heterocycles.